The topological polar surface area (TPSA) is 131 Å². The van der Waals surface area contributed by atoms with E-state index < -0.39 is 11.5 Å². The zero-order valence-electron chi connectivity index (χ0n) is 18.6. The van der Waals surface area contributed by atoms with Gasteiger partial charge in [0.05, 0.1) is 17.8 Å². The van der Waals surface area contributed by atoms with Crippen LogP contribution in [0.4, 0.5) is 16.2 Å². The van der Waals surface area contributed by atoms with Crippen molar-refractivity contribution >= 4 is 17.4 Å². The standard InChI is InChI=1S/C24H21FN8O/c1-13-10-16(11-14(2)28-13)19-20(15-6-4-3-5-7-15)30-23(27)33-22(19)31-32(24(33)34)12-17-8-9-18(25)21(26)29-17/h3-11H,12H2,1-2H3,(H2,26,29)(H2,27,30)/p+1. The van der Waals surface area contributed by atoms with Crippen molar-refractivity contribution < 1.29 is 9.37 Å². The Bertz CT molecular complexity index is 1590. The summed E-state index contributed by atoms with van der Waals surface area (Å²) < 4.78 is 16.1. The molecule has 0 aliphatic heterocycles. The third-order valence-corrected chi connectivity index (χ3v) is 5.48. The smallest absolute Gasteiger partial charge is 0.381 e. The SMILES string of the molecule is Cc1cc(-c2c(-c3ccccc3)[nH+]c(N)n3c(=O)n(Cc4ccc(F)c(N)n4)nc23)cc(C)n1. The van der Waals surface area contributed by atoms with Crippen molar-refractivity contribution in [3.63, 3.8) is 0 Å². The summed E-state index contributed by atoms with van der Waals surface area (Å²) in [5.41, 5.74) is 17.0. The summed E-state index contributed by atoms with van der Waals surface area (Å²) in [6.07, 6.45) is 0. The number of anilines is 2. The fraction of sp³-hybridized carbons (Fsp3) is 0.125. The number of rotatable bonds is 4. The number of nitrogens with two attached hydrogens (primary N) is 2. The molecule has 5 aromatic rings. The van der Waals surface area contributed by atoms with E-state index >= 15 is 0 Å². The molecule has 5 rings (SSSR count). The van der Waals surface area contributed by atoms with E-state index in [2.05, 4.69) is 20.1 Å². The maximum absolute atomic E-state index is 13.5. The molecule has 34 heavy (non-hydrogen) atoms. The average molecular weight is 457 g/mol. The van der Waals surface area contributed by atoms with Crippen molar-refractivity contribution in [3.8, 4) is 22.4 Å². The van der Waals surface area contributed by atoms with Gasteiger partial charge >= 0.3 is 11.6 Å². The molecule has 0 aliphatic rings. The zero-order valence-corrected chi connectivity index (χ0v) is 18.6. The maximum atomic E-state index is 13.5. The van der Waals surface area contributed by atoms with Gasteiger partial charge in [0.15, 0.2) is 11.6 Å². The lowest BCUT2D eigenvalue weighted by atomic mass is 9.99. The Kier molecular flexibility index (Phi) is 5.05. The summed E-state index contributed by atoms with van der Waals surface area (Å²) >= 11 is 0. The molecule has 4 heterocycles. The van der Waals surface area contributed by atoms with Crippen molar-refractivity contribution in [2.24, 2.45) is 0 Å². The minimum absolute atomic E-state index is 0.00105. The lowest BCUT2D eigenvalue weighted by Gasteiger charge is -2.10. The minimum atomic E-state index is -0.622. The third kappa shape index (κ3) is 3.64. The first-order chi connectivity index (χ1) is 16.3. The van der Waals surface area contributed by atoms with Crippen molar-refractivity contribution in [2.45, 2.75) is 20.4 Å². The van der Waals surface area contributed by atoms with Crippen molar-refractivity contribution in [2.75, 3.05) is 11.5 Å². The number of nitrogens with zero attached hydrogens (tertiary/aromatic N) is 5. The summed E-state index contributed by atoms with van der Waals surface area (Å²) in [4.78, 5) is 25.0. The van der Waals surface area contributed by atoms with Gasteiger partial charge in [-0.05, 0) is 43.7 Å². The minimum Gasteiger partial charge on any atom is -0.381 e. The van der Waals surface area contributed by atoms with Crippen LogP contribution in [0.3, 0.4) is 0 Å². The number of nitrogen functional groups attached to an aromatic ring is 2. The molecule has 10 heteroatoms. The number of aromatic nitrogens is 6. The van der Waals surface area contributed by atoms with Crippen LogP contribution in [0.5, 0.6) is 0 Å². The Morgan fingerprint density at radius 3 is 2.35 bits per heavy atom. The first-order valence-electron chi connectivity index (χ1n) is 10.6. The monoisotopic (exact) mass is 457 g/mol. The summed E-state index contributed by atoms with van der Waals surface area (Å²) in [7, 11) is 0. The van der Waals surface area contributed by atoms with E-state index in [4.69, 9.17) is 11.5 Å². The predicted molar refractivity (Wildman–Crippen MR) is 126 cm³/mol. The molecule has 0 aliphatic carbocycles. The van der Waals surface area contributed by atoms with Gasteiger partial charge in [0, 0.05) is 17.0 Å². The Labute approximate surface area is 193 Å². The number of hydrogen-bond acceptors (Lipinski definition) is 6. The highest BCUT2D eigenvalue weighted by molar-refractivity contribution is 5.88. The summed E-state index contributed by atoms with van der Waals surface area (Å²) in [5.74, 6) is -0.733. The molecule has 0 unspecified atom stereocenters. The molecular weight excluding hydrogens is 435 g/mol. The Morgan fingerprint density at radius 1 is 0.971 bits per heavy atom. The molecule has 0 fully saturated rings. The van der Waals surface area contributed by atoms with Gasteiger partial charge in [-0.2, -0.15) is 4.68 Å². The number of aromatic amines is 1. The van der Waals surface area contributed by atoms with Crippen LogP contribution >= 0.6 is 0 Å². The largest absolute Gasteiger partial charge is 0.411 e. The van der Waals surface area contributed by atoms with Crippen LogP contribution in [0.1, 0.15) is 17.1 Å². The van der Waals surface area contributed by atoms with Crippen LogP contribution in [0.2, 0.25) is 0 Å². The number of H-pyrrole nitrogens is 1. The molecule has 0 bridgehead atoms. The Balaban J connectivity index is 1.80. The third-order valence-electron chi connectivity index (χ3n) is 5.48. The van der Waals surface area contributed by atoms with Crippen molar-refractivity contribution in [3.05, 3.63) is 88.0 Å². The molecule has 0 saturated heterocycles. The van der Waals surface area contributed by atoms with Gasteiger partial charge in [-0.15, -0.1) is 9.50 Å². The molecule has 9 nitrogen and oxygen atoms in total. The summed E-state index contributed by atoms with van der Waals surface area (Å²) in [5, 5.41) is 4.61. The number of fused-ring (bicyclic) bond motifs is 1. The second kappa shape index (κ2) is 8.07. The van der Waals surface area contributed by atoms with Gasteiger partial charge in [-0.1, -0.05) is 30.3 Å². The highest BCUT2D eigenvalue weighted by Crippen LogP contribution is 2.32. The van der Waals surface area contributed by atoms with Crippen LogP contribution in [0.15, 0.2) is 59.4 Å². The van der Waals surface area contributed by atoms with E-state index in [0.29, 0.717) is 16.9 Å². The van der Waals surface area contributed by atoms with E-state index in [0.717, 1.165) is 28.2 Å². The number of benzene rings is 1. The number of nitrogens with one attached hydrogen (secondary N) is 1. The van der Waals surface area contributed by atoms with E-state index in [1.807, 2.05) is 56.3 Å². The molecule has 4 aromatic heterocycles. The Morgan fingerprint density at radius 2 is 1.68 bits per heavy atom. The maximum Gasteiger partial charge on any atom is 0.411 e. The quantitative estimate of drug-likeness (QED) is 0.426. The van der Waals surface area contributed by atoms with Crippen LogP contribution < -0.4 is 22.1 Å². The van der Waals surface area contributed by atoms with Gasteiger partial charge in [0.1, 0.15) is 5.69 Å². The Hall–Kier alpha value is -4.60. The number of halogens is 1. The predicted octanol–water partition coefficient (Wildman–Crippen LogP) is 2.40. The molecule has 0 saturated carbocycles. The van der Waals surface area contributed by atoms with Gasteiger partial charge in [-0.3, -0.25) is 10.7 Å². The van der Waals surface area contributed by atoms with E-state index in [-0.39, 0.29) is 18.3 Å². The molecule has 0 radical (unpaired) electrons. The summed E-state index contributed by atoms with van der Waals surface area (Å²) in [6.45, 7) is 3.82. The normalized spacial score (nSPS) is 11.3. The fourth-order valence-electron chi connectivity index (χ4n) is 4.06. The van der Waals surface area contributed by atoms with Crippen LogP contribution in [-0.2, 0) is 6.54 Å². The first kappa shape index (κ1) is 21.3. The fourth-order valence-corrected chi connectivity index (χ4v) is 4.06. The van der Waals surface area contributed by atoms with Crippen LogP contribution in [0, 0.1) is 19.7 Å². The molecular formula is C24H22FN8O+. The van der Waals surface area contributed by atoms with Gasteiger partial charge < -0.3 is 5.73 Å². The van der Waals surface area contributed by atoms with E-state index in [9.17, 15) is 9.18 Å². The zero-order chi connectivity index (χ0) is 24.0. The lowest BCUT2D eigenvalue weighted by Crippen LogP contribution is -2.28. The number of aryl methyl sites for hydroxylation is 2. The molecule has 0 atom stereocenters. The second-order valence-electron chi connectivity index (χ2n) is 8.03. The van der Waals surface area contributed by atoms with Gasteiger partial charge in [-0.25, -0.2) is 19.2 Å². The van der Waals surface area contributed by atoms with Crippen LogP contribution in [-0.4, -0.2) is 24.1 Å². The van der Waals surface area contributed by atoms with E-state index in [1.165, 1.54) is 21.2 Å². The average Bonchev–Trinajstić information content (AvgIpc) is 3.12. The highest BCUT2D eigenvalue weighted by Gasteiger charge is 2.26. The lowest BCUT2D eigenvalue weighted by molar-refractivity contribution is -0.351. The second-order valence-corrected chi connectivity index (χ2v) is 8.03. The molecule has 5 N–H and O–H groups in total. The van der Waals surface area contributed by atoms with Gasteiger partial charge in [0.2, 0.25) is 5.65 Å². The summed E-state index contributed by atoms with van der Waals surface area (Å²) in [6, 6.07) is 16.2. The molecule has 0 amide bonds. The number of hydrogen-bond donors (Lipinski definition) is 2. The molecule has 0 spiro atoms. The molecule has 170 valence electrons. The van der Waals surface area contributed by atoms with Crippen molar-refractivity contribution in [1.29, 1.82) is 0 Å². The van der Waals surface area contributed by atoms with Gasteiger partial charge in [0.25, 0.3) is 0 Å². The van der Waals surface area contributed by atoms with Crippen LogP contribution in [0.25, 0.3) is 28.0 Å². The highest BCUT2D eigenvalue weighted by atomic mass is 19.1. The van der Waals surface area contributed by atoms with E-state index in [1.54, 1.807) is 0 Å². The molecule has 1 aromatic carbocycles. The van der Waals surface area contributed by atoms with Crippen molar-refractivity contribution in [1.82, 2.24) is 24.1 Å². The first-order valence-corrected chi connectivity index (χ1v) is 10.6. The number of pyridine rings is 2.